The molecule has 110 valence electrons. The molecular weight excluding hydrogens is 285 g/mol. The van der Waals surface area contributed by atoms with Crippen LogP contribution in [0.3, 0.4) is 0 Å². The molecule has 3 nitrogen and oxygen atoms in total. The van der Waals surface area contributed by atoms with Crippen LogP contribution >= 0.6 is 0 Å². The Labute approximate surface area is 118 Å². The van der Waals surface area contributed by atoms with Gasteiger partial charge in [0.15, 0.2) is 0 Å². The fourth-order valence-corrected chi connectivity index (χ4v) is 1.55. The average molecular weight is 296 g/mol. The molecule has 2 rings (SSSR count). The zero-order valence-corrected chi connectivity index (χ0v) is 10.8. The van der Waals surface area contributed by atoms with Crippen molar-refractivity contribution in [2.75, 3.05) is 0 Å². The summed E-state index contributed by atoms with van der Waals surface area (Å²) in [5, 5.41) is 0. The molecule has 0 aliphatic heterocycles. The lowest BCUT2D eigenvalue weighted by Gasteiger charge is -2.09. The third-order valence-electron chi connectivity index (χ3n) is 2.48. The highest BCUT2D eigenvalue weighted by atomic mass is 19.4. The van der Waals surface area contributed by atoms with Crippen molar-refractivity contribution in [3.8, 4) is 11.5 Å². The number of carbonyl (C=O) groups excluding carboxylic acids is 1. The van der Waals surface area contributed by atoms with Crippen LogP contribution in [-0.4, -0.2) is 12.1 Å². The van der Waals surface area contributed by atoms with Gasteiger partial charge in [-0.15, -0.1) is 0 Å². The molecule has 21 heavy (non-hydrogen) atoms. The third-order valence-corrected chi connectivity index (χ3v) is 2.48. The first-order valence-corrected chi connectivity index (χ1v) is 6.01. The van der Waals surface area contributed by atoms with Gasteiger partial charge in [-0.1, -0.05) is 30.3 Å². The second-order valence-corrected chi connectivity index (χ2v) is 4.14. The van der Waals surface area contributed by atoms with Crippen molar-refractivity contribution in [1.29, 1.82) is 0 Å². The van der Waals surface area contributed by atoms with Gasteiger partial charge < -0.3 is 9.47 Å². The maximum absolute atomic E-state index is 12.0. The van der Waals surface area contributed by atoms with E-state index in [0.29, 0.717) is 17.1 Å². The summed E-state index contributed by atoms with van der Waals surface area (Å²) < 4.78 is 45.8. The molecule has 0 N–H and O–H groups in total. The number of benzene rings is 2. The van der Waals surface area contributed by atoms with E-state index < -0.39 is 18.8 Å². The van der Waals surface area contributed by atoms with E-state index in [9.17, 15) is 18.0 Å². The molecule has 0 aliphatic rings. The van der Waals surface area contributed by atoms with E-state index in [2.05, 4.69) is 4.74 Å². The number of alkyl halides is 3. The number of hydrogen-bond donors (Lipinski definition) is 0. The maximum Gasteiger partial charge on any atom is 0.490 e. The molecule has 0 radical (unpaired) electrons. The summed E-state index contributed by atoms with van der Waals surface area (Å²) in [6.45, 7) is -0.468. The van der Waals surface area contributed by atoms with Crippen LogP contribution in [-0.2, 0) is 16.1 Å². The van der Waals surface area contributed by atoms with Crippen LogP contribution < -0.4 is 4.74 Å². The molecule has 0 aromatic heterocycles. The fourth-order valence-electron chi connectivity index (χ4n) is 1.55. The molecule has 0 spiro atoms. The van der Waals surface area contributed by atoms with Crippen molar-refractivity contribution >= 4 is 5.97 Å². The quantitative estimate of drug-likeness (QED) is 0.797. The molecule has 0 saturated carbocycles. The molecule has 0 atom stereocenters. The van der Waals surface area contributed by atoms with Crippen LogP contribution in [0.5, 0.6) is 11.5 Å². The highest BCUT2D eigenvalue weighted by Crippen LogP contribution is 2.23. The second kappa shape index (κ2) is 6.30. The normalized spacial score (nSPS) is 11.0. The first-order valence-electron chi connectivity index (χ1n) is 6.01. The van der Waals surface area contributed by atoms with Crippen molar-refractivity contribution in [2.24, 2.45) is 0 Å². The summed E-state index contributed by atoms with van der Waals surface area (Å²) in [7, 11) is 0. The maximum atomic E-state index is 12.0. The Morgan fingerprint density at radius 3 is 2.29 bits per heavy atom. The largest absolute Gasteiger partial charge is 0.490 e. The standard InChI is InChI=1S/C15H11F3O3/c16-15(17,18)14(19)20-10-11-5-4-8-13(9-11)21-12-6-2-1-3-7-12/h1-9H,10H2. The van der Waals surface area contributed by atoms with E-state index in [4.69, 9.17) is 4.74 Å². The Hall–Kier alpha value is -2.50. The van der Waals surface area contributed by atoms with Gasteiger partial charge >= 0.3 is 12.1 Å². The minimum atomic E-state index is -4.99. The lowest BCUT2D eigenvalue weighted by Crippen LogP contribution is -2.25. The highest BCUT2D eigenvalue weighted by molar-refractivity contribution is 5.75. The van der Waals surface area contributed by atoms with Gasteiger partial charge in [-0.3, -0.25) is 0 Å². The van der Waals surface area contributed by atoms with Gasteiger partial charge in [-0.2, -0.15) is 13.2 Å². The Balaban J connectivity index is 2.00. The van der Waals surface area contributed by atoms with Crippen molar-refractivity contribution < 1.29 is 27.4 Å². The van der Waals surface area contributed by atoms with Crippen molar-refractivity contribution in [2.45, 2.75) is 12.8 Å². The number of halogens is 3. The SMILES string of the molecule is O=C(OCc1cccc(Oc2ccccc2)c1)C(F)(F)F. The average Bonchev–Trinajstić information content (AvgIpc) is 2.45. The van der Waals surface area contributed by atoms with E-state index in [-0.39, 0.29) is 0 Å². The van der Waals surface area contributed by atoms with E-state index in [1.807, 2.05) is 6.07 Å². The number of rotatable bonds is 4. The molecule has 0 aliphatic carbocycles. The van der Waals surface area contributed by atoms with E-state index in [1.165, 1.54) is 6.07 Å². The summed E-state index contributed by atoms with van der Waals surface area (Å²) in [5.41, 5.74) is 0.404. The summed E-state index contributed by atoms with van der Waals surface area (Å²) in [6.07, 6.45) is -4.99. The van der Waals surface area contributed by atoms with Crippen molar-refractivity contribution in [1.82, 2.24) is 0 Å². The predicted molar refractivity (Wildman–Crippen MR) is 68.8 cm³/mol. The predicted octanol–water partition coefficient (Wildman–Crippen LogP) is 4.08. The smallest absolute Gasteiger partial charge is 0.457 e. The van der Waals surface area contributed by atoms with Crippen LogP contribution in [0.1, 0.15) is 5.56 Å². The van der Waals surface area contributed by atoms with Gasteiger partial charge in [0, 0.05) is 0 Å². The molecule has 0 saturated heterocycles. The van der Waals surface area contributed by atoms with Gasteiger partial charge in [0.05, 0.1) is 0 Å². The van der Waals surface area contributed by atoms with E-state index >= 15 is 0 Å². The Morgan fingerprint density at radius 1 is 0.952 bits per heavy atom. The van der Waals surface area contributed by atoms with Crippen LogP contribution in [0.2, 0.25) is 0 Å². The van der Waals surface area contributed by atoms with Crippen molar-refractivity contribution in [3.05, 3.63) is 60.2 Å². The van der Waals surface area contributed by atoms with Gasteiger partial charge in [-0.05, 0) is 29.8 Å². The minimum absolute atomic E-state index is 0.404. The number of ether oxygens (including phenoxy) is 2. The summed E-state index contributed by atoms with van der Waals surface area (Å²) in [6, 6.07) is 15.2. The van der Waals surface area contributed by atoms with Gasteiger partial charge in [0.2, 0.25) is 0 Å². The molecule has 2 aromatic carbocycles. The zero-order chi connectivity index (χ0) is 15.3. The molecule has 2 aromatic rings. The molecule has 0 fully saturated rings. The summed E-state index contributed by atoms with van der Waals surface area (Å²) in [4.78, 5) is 10.6. The van der Waals surface area contributed by atoms with Crippen LogP contribution in [0.15, 0.2) is 54.6 Å². The molecule has 0 amide bonds. The second-order valence-electron chi connectivity index (χ2n) is 4.14. The summed E-state index contributed by atoms with van der Waals surface area (Å²) >= 11 is 0. The topological polar surface area (TPSA) is 35.5 Å². The lowest BCUT2D eigenvalue weighted by atomic mass is 10.2. The monoisotopic (exact) mass is 296 g/mol. The zero-order valence-electron chi connectivity index (χ0n) is 10.8. The Kier molecular flexibility index (Phi) is 4.47. The van der Waals surface area contributed by atoms with Crippen molar-refractivity contribution in [3.63, 3.8) is 0 Å². The van der Waals surface area contributed by atoms with E-state index in [1.54, 1.807) is 42.5 Å². The Bertz CT molecular complexity index is 609. The van der Waals surface area contributed by atoms with Crippen LogP contribution in [0.25, 0.3) is 0 Å². The Morgan fingerprint density at radius 2 is 1.62 bits per heavy atom. The minimum Gasteiger partial charge on any atom is -0.457 e. The molecule has 0 unspecified atom stereocenters. The molecule has 6 heteroatoms. The van der Waals surface area contributed by atoms with Crippen LogP contribution in [0.4, 0.5) is 13.2 Å². The number of hydrogen-bond acceptors (Lipinski definition) is 3. The molecule has 0 heterocycles. The van der Waals surface area contributed by atoms with Crippen LogP contribution in [0, 0.1) is 0 Å². The van der Waals surface area contributed by atoms with E-state index in [0.717, 1.165) is 0 Å². The lowest BCUT2D eigenvalue weighted by molar-refractivity contribution is -0.201. The highest BCUT2D eigenvalue weighted by Gasteiger charge is 2.40. The fraction of sp³-hybridized carbons (Fsp3) is 0.133. The van der Waals surface area contributed by atoms with Gasteiger partial charge in [0.25, 0.3) is 0 Å². The van der Waals surface area contributed by atoms with Gasteiger partial charge in [0.1, 0.15) is 18.1 Å². The number of carbonyl (C=O) groups is 1. The summed E-state index contributed by atoms with van der Waals surface area (Å²) in [5.74, 6) is -1.17. The third kappa shape index (κ3) is 4.52. The molecule has 0 bridgehead atoms. The van der Waals surface area contributed by atoms with Gasteiger partial charge in [-0.25, -0.2) is 4.79 Å². The number of para-hydroxylation sites is 1. The molecular formula is C15H11F3O3. The number of esters is 1. The first kappa shape index (κ1) is 14.9. The first-order chi connectivity index (χ1) is 9.95.